The van der Waals surface area contributed by atoms with E-state index in [2.05, 4.69) is 0 Å². The normalized spacial score (nSPS) is 13.0. The Hall–Kier alpha value is -0.0900. The Labute approximate surface area is 82.8 Å². The lowest BCUT2D eigenvalue weighted by Crippen LogP contribution is -1.93. The first kappa shape index (κ1) is 9.99. The SMILES string of the molecule is Cc1cc(Cl)cc(Cl)c1S(=O)[O-]. The van der Waals surface area contributed by atoms with Gasteiger partial charge in [-0.3, -0.25) is 4.21 Å². The summed E-state index contributed by atoms with van der Waals surface area (Å²) in [6.07, 6.45) is 0. The third-order valence-corrected chi connectivity index (χ3v) is 2.86. The monoisotopic (exact) mass is 223 g/mol. The molecule has 0 aromatic heterocycles. The quantitative estimate of drug-likeness (QED) is 0.687. The molecule has 0 amide bonds. The highest BCUT2D eigenvalue weighted by molar-refractivity contribution is 7.79. The van der Waals surface area contributed by atoms with Gasteiger partial charge in [-0.05, 0) is 35.7 Å². The Morgan fingerprint density at radius 3 is 2.42 bits per heavy atom. The van der Waals surface area contributed by atoms with Crippen LogP contribution in [0.25, 0.3) is 0 Å². The first-order valence-electron chi connectivity index (χ1n) is 3.07. The second kappa shape index (κ2) is 3.75. The summed E-state index contributed by atoms with van der Waals surface area (Å²) in [5.41, 5.74) is 0.556. The first-order valence-corrected chi connectivity index (χ1v) is 4.90. The molecule has 2 nitrogen and oxygen atoms in total. The van der Waals surface area contributed by atoms with E-state index in [1.807, 2.05) is 0 Å². The lowest BCUT2D eigenvalue weighted by atomic mass is 10.2. The minimum atomic E-state index is -2.30. The average Bonchev–Trinajstić information content (AvgIpc) is 1.82. The summed E-state index contributed by atoms with van der Waals surface area (Å²) >= 11 is 8.99. The van der Waals surface area contributed by atoms with E-state index in [1.54, 1.807) is 13.0 Å². The zero-order valence-electron chi connectivity index (χ0n) is 6.14. The molecule has 0 saturated carbocycles. The number of aryl methyl sites for hydroxylation is 1. The highest BCUT2D eigenvalue weighted by Crippen LogP contribution is 2.26. The van der Waals surface area contributed by atoms with E-state index in [9.17, 15) is 8.76 Å². The second-order valence-electron chi connectivity index (χ2n) is 2.27. The lowest BCUT2D eigenvalue weighted by molar-refractivity contribution is 0.536. The molecule has 1 aromatic carbocycles. The maximum absolute atomic E-state index is 10.6. The van der Waals surface area contributed by atoms with Gasteiger partial charge in [0.25, 0.3) is 0 Å². The average molecular weight is 224 g/mol. The van der Waals surface area contributed by atoms with Crippen molar-refractivity contribution in [1.82, 2.24) is 0 Å². The number of halogens is 2. The van der Waals surface area contributed by atoms with Gasteiger partial charge in [0.2, 0.25) is 0 Å². The van der Waals surface area contributed by atoms with Gasteiger partial charge in [0.15, 0.2) is 0 Å². The molecule has 0 N–H and O–H groups in total. The number of hydrogen-bond donors (Lipinski definition) is 0. The predicted octanol–water partition coefficient (Wildman–Crippen LogP) is 2.54. The number of rotatable bonds is 1. The summed E-state index contributed by atoms with van der Waals surface area (Å²) in [6, 6.07) is 2.96. The minimum Gasteiger partial charge on any atom is -0.768 e. The Morgan fingerprint density at radius 2 is 2.00 bits per heavy atom. The van der Waals surface area contributed by atoms with Gasteiger partial charge in [0.1, 0.15) is 0 Å². The van der Waals surface area contributed by atoms with Crippen LogP contribution in [-0.2, 0) is 11.1 Å². The van der Waals surface area contributed by atoms with Crippen LogP contribution in [0.1, 0.15) is 5.56 Å². The Kier molecular flexibility index (Phi) is 3.12. The Morgan fingerprint density at radius 1 is 1.42 bits per heavy atom. The second-order valence-corrected chi connectivity index (χ2v) is 3.99. The molecule has 0 aliphatic carbocycles. The topological polar surface area (TPSA) is 40.1 Å². The van der Waals surface area contributed by atoms with E-state index < -0.39 is 11.1 Å². The maximum atomic E-state index is 10.6. The molecule has 0 aliphatic rings. The van der Waals surface area contributed by atoms with Crippen molar-refractivity contribution in [3.05, 3.63) is 27.7 Å². The Balaban J connectivity index is 3.38. The van der Waals surface area contributed by atoms with E-state index in [-0.39, 0.29) is 9.92 Å². The summed E-state index contributed by atoms with van der Waals surface area (Å²) in [5.74, 6) is 0. The standard InChI is InChI=1S/C7H6Cl2O2S/c1-4-2-5(8)3-6(9)7(4)12(10)11/h2-3H,1H3,(H,10,11)/p-1. The zero-order chi connectivity index (χ0) is 9.30. The van der Waals surface area contributed by atoms with Crippen molar-refractivity contribution in [1.29, 1.82) is 0 Å². The van der Waals surface area contributed by atoms with E-state index >= 15 is 0 Å². The third-order valence-electron chi connectivity index (χ3n) is 1.36. The number of hydrogen-bond acceptors (Lipinski definition) is 2. The van der Waals surface area contributed by atoms with E-state index in [4.69, 9.17) is 23.2 Å². The zero-order valence-corrected chi connectivity index (χ0v) is 8.46. The molecule has 1 rings (SSSR count). The van der Waals surface area contributed by atoms with Crippen LogP contribution in [0.5, 0.6) is 0 Å². The van der Waals surface area contributed by atoms with Gasteiger partial charge in [-0.25, -0.2) is 0 Å². The summed E-state index contributed by atoms with van der Waals surface area (Å²) in [4.78, 5) is 0.112. The fourth-order valence-electron chi connectivity index (χ4n) is 0.900. The van der Waals surface area contributed by atoms with Crippen LogP contribution in [0.2, 0.25) is 10.0 Å². The van der Waals surface area contributed by atoms with Crippen LogP contribution in [-0.4, -0.2) is 8.76 Å². The molecule has 5 heteroatoms. The molecule has 0 bridgehead atoms. The van der Waals surface area contributed by atoms with Gasteiger partial charge in [0, 0.05) is 9.92 Å². The van der Waals surface area contributed by atoms with Crippen LogP contribution in [0.15, 0.2) is 17.0 Å². The van der Waals surface area contributed by atoms with Crippen molar-refractivity contribution in [2.24, 2.45) is 0 Å². The fourth-order valence-corrected chi connectivity index (χ4v) is 2.22. The molecule has 12 heavy (non-hydrogen) atoms. The molecule has 0 saturated heterocycles. The summed E-state index contributed by atoms with van der Waals surface area (Å²) in [5, 5.41) is 0.597. The molecule has 0 radical (unpaired) electrons. The molecule has 1 unspecified atom stereocenters. The van der Waals surface area contributed by atoms with E-state index in [1.165, 1.54) is 6.07 Å². The van der Waals surface area contributed by atoms with Crippen LogP contribution < -0.4 is 0 Å². The highest BCUT2D eigenvalue weighted by atomic mass is 35.5. The van der Waals surface area contributed by atoms with Gasteiger partial charge < -0.3 is 4.55 Å². The van der Waals surface area contributed by atoms with Crippen molar-refractivity contribution in [2.75, 3.05) is 0 Å². The molecule has 0 fully saturated rings. The summed E-state index contributed by atoms with van der Waals surface area (Å²) < 4.78 is 21.3. The van der Waals surface area contributed by atoms with Crippen LogP contribution >= 0.6 is 23.2 Å². The minimum absolute atomic E-state index is 0.112. The van der Waals surface area contributed by atoms with Crippen LogP contribution in [0.4, 0.5) is 0 Å². The Bertz CT molecular complexity index is 315. The predicted molar refractivity (Wildman–Crippen MR) is 48.4 cm³/mol. The molecule has 1 aromatic rings. The smallest absolute Gasteiger partial charge is 0.0573 e. The van der Waals surface area contributed by atoms with Gasteiger partial charge in [-0.2, -0.15) is 0 Å². The summed E-state index contributed by atoms with van der Waals surface area (Å²) in [7, 11) is 0. The molecule has 66 valence electrons. The van der Waals surface area contributed by atoms with Gasteiger partial charge in [-0.15, -0.1) is 0 Å². The largest absolute Gasteiger partial charge is 0.768 e. The molecular weight excluding hydrogens is 219 g/mol. The van der Waals surface area contributed by atoms with Gasteiger partial charge in [0.05, 0.1) is 5.02 Å². The third kappa shape index (κ3) is 1.98. The van der Waals surface area contributed by atoms with Gasteiger partial charge in [-0.1, -0.05) is 23.2 Å². The van der Waals surface area contributed by atoms with Gasteiger partial charge >= 0.3 is 0 Å². The van der Waals surface area contributed by atoms with Crippen LogP contribution in [0.3, 0.4) is 0 Å². The molecule has 0 heterocycles. The summed E-state index contributed by atoms with van der Waals surface area (Å²) in [6.45, 7) is 1.64. The van der Waals surface area contributed by atoms with E-state index in [0.717, 1.165) is 0 Å². The fraction of sp³-hybridized carbons (Fsp3) is 0.143. The molecule has 1 atom stereocenters. The lowest BCUT2D eigenvalue weighted by Gasteiger charge is -2.10. The highest BCUT2D eigenvalue weighted by Gasteiger charge is 2.05. The van der Waals surface area contributed by atoms with Crippen LogP contribution in [0, 0.1) is 6.92 Å². The van der Waals surface area contributed by atoms with Crippen molar-refractivity contribution in [3.63, 3.8) is 0 Å². The van der Waals surface area contributed by atoms with Crippen molar-refractivity contribution in [3.8, 4) is 0 Å². The number of benzene rings is 1. The van der Waals surface area contributed by atoms with Crippen molar-refractivity contribution < 1.29 is 8.76 Å². The molecule has 0 aliphatic heterocycles. The maximum Gasteiger partial charge on any atom is 0.0573 e. The van der Waals surface area contributed by atoms with Crippen molar-refractivity contribution >= 4 is 34.3 Å². The first-order chi connectivity index (χ1) is 5.52. The molecular formula is C7H5Cl2O2S-. The van der Waals surface area contributed by atoms with Crippen molar-refractivity contribution in [2.45, 2.75) is 11.8 Å². The van der Waals surface area contributed by atoms with E-state index in [0.29, 0.717) is 10.6 Å². The molecule has 0 spiro atoms.